The summed E-state index contributed by atoms with van der Waals surface area (Å²) in [5.74, 6) is 0.229. The van der Waals surface area contributed by atoms with E-state index in [-0.39, 0.29) is 23.8 Å². The van der Waals surface area contributed by atoms with Gasteiger partial charge < -0.3 is 15.7 Å². The van der Waals surface area contributed by atoms with Crippen LogP contribution in [-0.2, 0) is 9.59 Å². The highest BCUT2D eigenvalue weighted by Gasteiger charge is 2.51. The van der Waals surface area contributed by atoms with Crippen molar-refractivity contribution in [1.29, 1.82) is 0 Å². The van der Waals surface area contributed by atoms with Crippen LogP contribution in [0.3, 0.4) is 0 Å². The molecule has 3 saturated carbocycles. The largest absolute Gasteiger partial charge is 0.481 e. The standard InChI is InChI=1S/C14H22N2O3/c17-11(7-15-6-8-1-2-8)16-13-10-4-3-9(5-10)12(13)14(18)19/h8-10,12-13,15H,1-7H2,(H,16,17)(H,18,19). The fraction of sp³-hybridized carbons (Fsp3) is 0.857. The van der Waals surface area contributed by atoms with Gasteiger partial charge in [0.15, 0.2) is 0 Å². The van der Waals surface area contributed by atoms with E-state index in [4.69, 9.17) is 0 Å². The summed E-state index contributed by atoms with van der Waals surface area (Å²) in [6, 6.07) is -0.147. The van der Waals surface area contributed by atoms with Crippen molar-refractivity contribution in [2.24, 2.45) is 23.7 Å². The van der Waals surface area contributed by atoms with Crippen LogP contribution in [0.15, 0.2) is 0 Å². The van der Waals surface area contributed by atoms with E-state index in [2.05, 4.69) is 10.6 Å². The van der Waals surface area contributed by atoms with E-state index in [0.717, 1.165) is 31.7 Å². The summed E-state index contributed by atoms with van der Waals surface area (Å²) in [6.07, 6.45) is 5.57. The summed E-state index contributed by atoms with van der Waals surface area (Å²) in [5.41, 5.74) is 0. The summed E-state index contributed by atoms with van der Waals surface area (Å²) < 4.78 is 0. The fourth-order valence-electron chi connectivity index (χ4n) is 3.80. The van der Waals surface area contributed by atoms with Gasteiger partial charge in [-0.15, -0.1) is 0 Å². The van der Waals surface area contributed by atoms with Crippen molar-refractivity contribution in [1.82, 2.24) is 10.6 Å². The average Bonchev–Trinajstić information content (AvgIpc) is 2.96. The summed E-state index contributed by atoms with van der Waals surface area (Å²) in [6.45, 7) is 1.23. The number of hydrogen-bond donors (Lipinski definition) is 3. The number of carboxylic acids is 1. The first-order valence-corrected chi connectivity index (χ1v) is 7.38. The van der Waals surface area contributed by atoms with Gasteiger partial charge in [-0.2, -0.15) is 0 Å². The molecule has 0 aromatic rings. The molecule has 1 amide bonds. The van der Waals surface area contributed by atoms with E-state index < -0.39 is 5.97 Å². The number of amides is 1. The Labute approximate surface area is 113 Å². The predicted octanol–water partition coefficient (Wildman–Crippen LogP) is 0.601. The Morgan fingerprint density at radius 1 is 1.11 bits per heavy atom. The molecule has 0 radical (unpaired) electrons. The maximum absolute atomic E-state index is 11.9. The van der Waals surface area contributed by atoms with E-state index in [1.165, 1.54) is 12.8 Å². The van der Waals surface area contributed by atoms with Crippen LogP contribution in [0.4, 0.5) is 0 Å². The topological polar surface area (TPSA) is 78.4 Å². The number of fused-ring (bicyclic) bond motifs is 2. The smallest absolute Gasteiger partial charge is 0.308 e. The molecule has 3 N–H and O–H groups in total. The first kappa shape index (κ1) is 12.9. The second-order valence-electron chi connectivity index (χ2n) is 6.36. The van der Waals surface area contributed by atoms with Crippen molar-refractivity contribution in [2.75, 3.05) is 13.1 Å². The third kappa shape index (κ3) is 2.76. The van der Waals surface area contributed by atoms with Crippen LogP contribution >= 0.6 is 0 Å². The Morgan fingerprint density at radius 2 is 1.84 bits per heavy atom. The van der Waals surface area contributed by atoms with Crippen molar-refractivity contribution >= 4 is 11.9 Å². The van der Waals surface area contributed by atoms with Crippen LogP contribution in [0.25, 0.3) is 0 Å². The Kier molecular flexibility index (Phi) is 3.48. The van der Waals surface area contributed by atoms with Crippen LogP contribution in [0.5, 0.6) is 0 Å². The van der Waals surface area contributed by atoms with Gasteiger partial charge in [-0.05, 0) is 56.4 Å². The molecule has 19 heavy (non-hydrogen) atoms. The Bertz CT molecular complexity index is 381. The first-order chi connectivity index (χ1) is 9.15. The maximum Gasteiger partial charge on any atom is 0.308 e. The molecule has 3 rings (SSSR count). The zero-order valence-corrected chi connectivity index (χ0v) is 11.1. The van der Waals surface area contributed by atoms with Crippen molar-refractivity contribution in [3.8, 4) is 0 Å². The third-order valence-electron chi connectivity index (χ3n) is 4.94. The molecule has 4 unspecified atom stereocenters. The third-order valence-corrected chi connectivity index (χ3v) is 4.94. The Morgan fingerprint density at radius 3 is 2.53 bits per heavy atom. The lowest BCUT2D eigenvalue weighted by atomic mass is 9.84. The minimum Gasteiger partial charge on any atom is -0.481 e. The molecule has 2 bridgehead atoms. The lowest BCUT2D eigenvalue weighted by molar-refractivity contribution is -0.144. The highest BCUT2D eigenvalue weighted by atomic mass is 16.4. The number of nitrogens with one attached hydrogen (secondary N) is 2. The van der Waals surface area contributed by atoms with Crippen LogP contribution < -0.4 is 10.6 Å². The van der Waals surface area contributed by atoms with E-state index in [1.807, 2.05) is 0 Å². The SMILES string of the molecule is O=C(CNCC1CC1)NC1C2CCC(C2)C1C(=O)O. The van der Waals surface area contributed by atoms with Crippen LogP contribution in [0.1, 0.15) is 32.1 Å². The molecule has 0 aromatic carbocycles. The molecule has 0 spiro atoms. The molecule has 3 fully saturated rings. The van der Waals surface area contributed by atoms with E-state index in [9.17, 15) is 14.7 Å². The average molecular weight is 266 g/mol. The Balaban J connectivity index is 1.49. The molecule has 106 valence electrons. The van der Waals surface area contributed by atoms with Crippen molar-refractivity contribution in [2.45, 2.75) is 38.1 Å². The summed E-state index contributed by atoms with van der Waals surface area (Å²) in [5, 5.41) is 15.4. The highest BCUT2D eigenvalue weighted by Crippen LogP contribution is 2.48. The van der Waals surface area contributed by atoms with E-state index in [1.54, 1.807) is 0 Å². The molecule has 4 atom stereocenters. The van der Waals surface area contributed by atoms with Crippen molar-refractivity contribution in [3.63, 3.8) is 0 Å². The van der Waals surface area contributed by atoms with Crippen LogP contribution in [0.2, 0.25) is 0 Å². The van der Waals surface area contributed by atoms with E-state index in [0.29, 0.717) is 12.5 Å². The van der Waals surface area contributed by atoms with Gasteiger partial charge in [-0.3, -0.25) is 9.59 Å². The number of hydrogen-bond acceptors (Lipinski definition) is 3. The lowest BCUT2D eigenvalue weighted by Crippen LogP contribution is -2.49. The van der Waals surface area contributed by atoms with Gasteiger partial charge in [-0.1, -0.05) is 0 Å². The first-order valence-electron chi connectivity index (χ1n) is 7.38. The molecule has 3 aliphatic carbocycles. The predicted molar refractivity (Wildman–Crippen MR) is 69.5 cm³/mol. The molecule has 0 aromatic heterocycles. The second-order valence-corrected chi connectivity index (χ2v) is 6.36. The number of aliphatic carboxylic acids is 1. The number of rotatable bonds is 6. The van der Waals surface area contributed by atoms with Crippen molar-refractivity contribution < 1.29 is 14.7 Å². The molecular formula is C14H22N2O3. The molecular weight excluding hydrogens is 244 g/mol. The van der Waals surface area contributed by atoms with Gasteiger partial charge in [0.25, 0.3) is 0 Å². The zero-order chi connectivity index (χ0) is 13.4. The van der Waals surface area contributed by atoms with Gasteiger partial charge in [0.05, 0.1) is 12.5 Å². The quantitative estimate of drug-likeness (QED) is 0.658. The minimum absolute atomic E-state index is 0.0514. The summed E-state index contributed by atoms with van der Waals surface area (Å²) >= 11 is 0. The monoisotopic (exact) mass is 266 g/mol. The zero-order valence-electron chi connectivity index (χ0n) is 11.1. The molecule has 0 heterocycles. The van der Waals surface area contributed by atoms with Gasteiger partial charge in [0, 0.05) is 6.04 Å². The van der Waals surface area contributed by atoms with Gasteiger partial charge in [-0.25, -0.2) is 0 Å². The summed E-state index contributed by atoms with van der Waals surface area (Å²) in [4.78, 5) is 23.2. The van der Waals surface area contributed by atoms with Gasteiger partial charge in [0.1, 0.15) is 0 Å². The van der Waals surface area contributed by atoms with Gasteiger partial charge in [0.2, 0.25) is 5.91 Å². The number of carbonyl (C=O) groups excluding carboxylic acids is 1. The number of carbonyl (C=O) groups is 2. The van der Waals surface area contributed by atoms with E-state index >= 15 is 0 Å². The fourth-order valence-corrected chi connectivity index (χ4v) is 3.80. The molecule has 0 aliphatic heterocycles. The van der Waals surface area contributed by atoms with Gasteiger partial charge >= 0.3 is 5.97 Å². The minimum atomic E-state index is -0.747. The maximum atomic E-state index is 11.9. The Hall–Kier alpha value is -1.10. The molecule has 3 aliphatic rings. The molecule has 5 heteroatoms. The summed E-state index contributed by atoms with van der Waals surface area (Å²) in [7, 11) is 0. The highest BCUT2D eigenvalue weighted by molar-refractivity contribution is 5.80. The molecule has 0 saturated heterocycles. The normalized spacial score (nSPS) is 36.4. The van der Waals surface area contributed by atoms with Crippen molar-refractivity contribution in [3.05, 3.63) is 0 Å². The molecule has 5 nitrogen and oxygen atoms in total. The van der Waals surface area contributed by atoms with Crippen LogP contribution in [0, 0.1) is 23.7 Å². The lowest BCUT2D eigenvalue weighted by Gasteiger charge is -2.28. The number of carboxylic acid groups (broad SMARTS) is 1. The van der Waals surface area contributed by atoms with Crippen LogP contribution in [-0.4, -0.2) is 36.1 Å². The second kappa shape index (κ2) is 5.12.